The Labute approximate surface area is 613 Å². The van der Waals surface area contributed by atoms with Gasteiger partial charge in [-0.2, -0.15) is 0 Å². The number of hydrogen-bond donors (Lipinski definition) is 3. The SMILES string of the molecule is CCCCCCCCCCCCCCCCCCCC(=O)OC[C@H](COP(=O)(O)OC[C@@H](O)COP(=O)(O)OC[C@@H](COC(=O)CCCCCCCCC(C)C)OC(=O)CCCCCCCCCCCC(C)C)OC(=O)CCCCCCCCCCCCCCCCCCCCC(C)CC. The number of rotatable bonds is 79. The second-order valence-corrected chi connectivity index (χ2v) is 33.3. The minimum atomic E-state index is -4.96. The average molecular weight is 1470 g/mol. The molecular weight excluding hydrogens is 1310 g/mol. The number of unbranched alkanes of at least 4 members (excludes halogenated alkanes) is 46. The summed E-state index contributed by atoms with van der Waals surface area (Å²) >= 11 is 0. The van der Waals surface area contributed by atoms with Crippen LogP contribution < -0.4 is 0 Å². The number of phosphoric ester groups is 2. The van der Waals surface area contributed by atoms with E-state index in [2.05, 4.69) is 48.5 Å². The highest BCUT2D eigenvalue weighted by Crippen LogP contribution is 2.45. The van der Waals surface area contributed by atoms with Crippen molar-refractivity contribution in [2.75, 3.05) is 39.6 Å². The van der Waals surface area contributed by atoms with E-state index in [1.165, 1.54) is 225 Å². The van der Waals surface area contributed by atoms with E-state index in [-0.39, 0.29) is 25.7 Å². The van der Waals surface area contributed by atoms with E-state index in [0.29, 0.717) is 31.6 Å². The predicted octanol–water partition coefficient (Wildman–Crippen LogP) is 24.1. The molecule has 0 aliphatic rings. The molecule has 0 aliphatic carbocycles. The lowest BCUT2D eigenvalue weighted by atomic mass is 9.99. The number of hydrogen-bond acceptors (Lipinski definition) is 15. The van der Waals surface area contributed by atoms with Crippen LogP contribution >= 0.6 is 15.6 Å². The molecular formula is C81H158O17P2. The highest BCUT2D eigenvalue weighted by molar-refractivity contribution is 7.47. The minimum Gasteiger partial charge on any atom is -0.462 e. The lowest BCUT2D eigenvalue weighted by Crippen LogP contribution is -2.30. The zero-order chi connectivity index (χ0) is 73.7. The highest BCUT2D eigenvalue weighted by Gasteiger charge is 2.30. The van der Waals surface area contributed by atoms with Crippen LogP contribution in [0.3, 0.4) is 0 Å². The molecule has 0 aromatic heterocycles. The fraction of sp³-hybridized carbons (Fsp3) is 0.951. The Bertz CT molecular complexity index is 1940. The first-order valence-electron chi connectivity index (χ1n) is 41.9. The third-order valence-electron chi connectivity index (χ3n) is 19.2. The molecule has 6 atom stereocenters. The molecule has 0 saturated heterocycles. The fourth-order valence-electron chi connectivity index (χ4n) is 12.5. The maximum atomic E-state index is 13.1. The number of ether oxygens (including phenoxy) is 4. The van der Waals surface area contributed by atoms with Crippen molar-refractivity contribution in [2.24, 2.45) is 17.8 Å². The van der Waals surface area contributed by atoms with Gasteiger partial charge in [0.15, 0.2) is 12.2 Å². The molecule has 0 heterocycles. The van der Waals surface area contributed by atoms with Gasteiger partial charge in [0.05, 0.1) is 26.4 Å². The number of aliphatic hydroxyl groups excluding tert-OH is 1. The summed E-state index contributed by atoms with van der Waals surface area (Å²) in [7, 11) is -9.92. The highest BCUT2D eigenvalue weighted by atomic mass is 31.2. The van der Waals surface area contributed by atoms with Crippen LogP contribution in [0.2, 0.25) is 0 Å². The third-order valence-corrected chi connectivity index (χ3v) is 21.1. The van der Waals surface area contributed by atoms with Crippen LogP contribution in [0.15, 0.2) is 0 Å². The van der Waals surface area contributed by atoms with Crippen LogP contribution in [0, 0.1) is 17.8 Å². The molecule has 0 saturated carbocycles. The second-order valence-electron chi connectivity index (χ2n) is 30.4. The summed E-state index contributed by atoms with van der Waals surface area (Å²) in [6, 6.07) is 0. The first kappa shape index (κ1) is 98.1. The normalized spacial score (nSPS) is 14.2. The summed E-state index contributed by atoms with van der Waals surface area (Å²) in [4.78, 5) is 72.9. The Hall–Kier alpha value is -1.94. The zero-order valence-electron chi connectivity index (χ0n) is 65.7. The molecule has 0 aromatic carbocycles. The van der Waals surface area contributed by atoms with E-state index in [9.17, 15) is 43.2 Å². The van der Waals surface area contributed by atoms with Crippen molar-refractivity contribution in [1.82, 2.24) is 0 Å². The molecule has 0 bridgehead atoms. The van der Waals surface area contributed by atoms with Crippen molar-refractivity contribution < 1.29 is 80.2 Å². The van der Waals surface area contributed by atoms with Gasteiger partial charge in [0.2, 0.25) is 0 Å². The molecule has 0 amide bonds. The Kier molecular flexibility index (Phi) is 69.9. The number of carbonyl (C=O) groups is 4. The standard InChI is InChI=1S/C81H158O17P2/c1-8-10-11-12-13-14-15-16-17-20-24-27-30-35-40-48-55-62-78(83)91-68-76(97-80(85)64-57-50-41-36-31-28-25-22-19-18-21-23-26-29-34-39-47-54-61-74(7)9-2)70-95-99(87,88)93-66-75(82)67-94-100(89,90)96-71-77(69-92-79(84)63-56-49-44-43-46-53-60-73(5)6)98-81(86)65-58-51-42-37-32-33-38-45-52-59-72(3)4/h72-77,82H,8-71H2,1-7H3,(H,87,88)(H,89,90)/t74?,75-,76-,77-/m1/s1. The number of phosphoric acid groups is 2. The van der Waals surface area contributed by atoms with Crippen LogP contribution in [-0.4, -0.2) is 96.7 Å². The van der Waals surface area contributed by atoms with Crippen LogP contribution in [0.4, 0.5) is 0 Å². The van der Waals surface area contributed by atoms with E-state index in [0.717, 1.165) is 108 Å². The Balaban J connectivity index is 5.20. The molecule has 0 rings (SSSR count). The van der Waals surface area contributed by atoms with Gasteiger partial charge in [-0.05, 0) is 43.4 Å². The molecule has 594 valence electrons. The van der Waals surface area contributed by atoms with Gasteiger partial charge in [0.1, 0.15) is 19.3 Å². The first-order valence-corrected chi connectivity index (χ1v) is 44.9. The van der Waals surface area contributed by atoms with Gasteiger partial charge in [-0.15, -0.1) is 0 Å². The second kappa shape index (κ2) is 71.3. The maximum Gasteiger partial charge on any atom is 0.472 e. The van der Waals surface area contributed by atoms with E-state index < -0.39 is 97.5 Å². The Morgan fingerprint density at radius 1 is 0.290 bits per heavy atom. The summed E-state index contributed by atoms with van der Waals surface area (Å²) in [5, 5.41) is 10.6. The summed E-state index contributed by atoms with van der Waals surface area (Å²) in [6.07, 6.45) is 59.9. The number of esters is 4. The lowest BCUT2D eigenvalue weighted by Gasteiger charge is -2.21. The third kappa shape index (κ3) is 73.0. The van der Waals surface area contributed by atoms with E-state index in [4.69, 9.17) is 37.0 Å². The van der Waals surface area contributed by atoms with E-state index in [1.54, 1.807) is 0 Å². The molecule has 3 N–H and O–H groups in total. The van der Waals surface area contributed by atoms with Crippen molar-refractivity contribution >= 4 is 39.5 Å². The Morgan fingerprint density at radius 2 is 0.510 bits per heavy atom. The van der Waals surface area contributed by atoms with Crippen molar-refractivity contribution in [3.8, 4) is 0 Å². The molecule has 0 fully saturated rings. The van der Waals surface area contributed by atoms with Crippen molar-refractivity contribution in [1.29, 1.82) is 0 Å². The van der Waals surface area contributed by atoms with Crippen LogP contribution in [0.5, 0.6) is 0 Å². The molecule has 0 aliphatic heterocycles. The van der Waals surface area contributed by atoms with Gasteiger partial charge in [-0.25, -0.2) is 9.13 Å². The number of carbonyl (C=O) groups excluding carboxylic acids is 4. The van der Waals surface area contributed by atoms with Crippen molar-refractivity contribution in [3.63, 3.8) is 0 Å². The molecule has 0 aromatic rings. The molecule has 19 heteroatoms. The largest absolute Gasteiger partial charge is 0.472 e. The quantitative estimate of drug-likeness (QED) is 0.0222. The van der Waals surface area contributed by atoms with E-state index in [1.807, 2.05) is 0 Å². The summed E-state index contributed by atoms with van der Waals surface area (Å²) in [5.41, 5.74) is 0. The van der Waals surface area contributed by atoms with E-state index >= 15 is 0 Å². The maximum absolute atomic E-state index is 13.1. The van der Waals surface area contributed by atoms with Gasteiger partial charge in [-0.1, -0.05) is 370 Å². The molecule has 3 unspecified atom stereocenters. The van der Waals surface area contributed by atoms with Crippen LogP contribution in [0.1, 0.15) is 421 Å². The average Bonchev–Trinajstić information content (AvgIpc) is 0.911. The Morgan fingerprint density at radius 3 is 0.760 bits per heavy atom. The van der Waals surface area contributed by atoms with Crippen molar-refractivity contribution in [2.45, 2.75) is 439 Å². The molecule has 17 nitrogen and oxygen atoms in total. The lowest BCUT2D eigenvalue weighted by molar-refractivity contribution is -0.161. The molecule has 0 spiro atoms. The summed E-state index contributed by atoms with van der Waals surface area (Å²) in [5.74, 6) is 0.172. The van der Waals surface area contributed by atoms with Crippen molar-refractivity contribution in [3.05, 3.63) is 0 Å². The van der Waals surface area contributed by atoms with Crippen LogP contribution in [0.25, 0.3) is 0 Å². The first-order chi connectivity index (χ1) is 48.3. The number of aliphatic hydroxyl groups is 1. The topological polar surface area (TPSA) is 237 Å². The van der Waals surface area contributed by atoms with Gasteiger partial charge in [-0.3, -0.25) is 37.3 Å². The molecule has 100 heavy (non-hydrogen) atoms. The van der Waals surface area contributed by atoms with Crippen LogP contribution in [-0.2, 0) is 65.4 Å². The monoisotopic (exact) mass is 1470 g/mol. The summed E-state index contributed by atoms with van der Waals surface area (Å²) in [6.45, 7) is 11.9. The van der Waals surface area contributed by atoms with Gasteiger partial charge < -0.3 is 33.8 Å². The molecule has 0 radical (unpaired) electrons. The zero-order valence-corrected chi connectivity index (χ0v) is 67.5. The predicted molar refractivity (Wildman–Crippen MR) is 409 cm³/mol. The van der Waals surface area contributed by atoms with Gasteiger partial charge in [0, 0.05) is 25.7 Å². The summed E-state index contributed by atoms with van der Waals surface area (Å²) < 4.78 is 68.6. The van der Waals surface area contributed by atoms with Gasteiger partial charge in [0.25, 0.3) is 0 Å². The fourth-order valence-corrected chi connectivity index (χ4v) is 14.0. The minimum absolute atomic E-state index is 0.104. The smallest absolute Gasteiger partial charge is 0.462 e. The van der Waals surface area contributed by atoms with Gasteiger partial charge >= 0.3 is 39.5 Å².